The molecule has 0 saturated carbocycles. The van der Waals surface area contributed by atoms with Crippen molar-refractivity contribution in [2.24, 2.45) is 0 Å². The fourth-order valence-corrected chi connectivity index (χ4v) is 7.88. The van der Waals surface area contributed by atoms with E-state index in [0.29, 0.717) is 59.7 Å². The number of aryl methyl sites for hydroxylation is 6. The molecule has 0 aromatic heterocycles. The molecular formula is C32H40NO5P. The van der Waals surface area contributed by atoms with Gasteiger partial charge in [-0.3, -0.25) is 9.59 Å². The maximum absolute atomic E-state index is 15.1. The summed E-state index contributed by atoms with van der Waals surface area (Å²) in [5.74, 6) is 0. The zero-order valence-electron chi connectivity index (χ0n) is 24.4. The van der Waals surface area contributed by atoms with E-state index in [4.69, 9.17) is 9.47 Å². The highest BCUT2D eigenvalue weighted by atomic mass is 31.2. The Morgan fingerprint density at radius 3 is 1.36 bits per heavy atom. The predicted octanol–water partition coefficient (Wildman–Crippen LogP) is 6.31. The van der Waals surface area contributed by atoms with E-state index in [1.807, 2.05) is 77.9 Å². The summed E-state index contributed by atoms with van der Waals surface area (Å²) in [5, 5.41) is 0.235. The van der Waals surface area contributed by atoms with Crippen molar-refractivity contribution in [3.8, 4) is 0 Å². The molecule has 0 aliphatic heterocycles. The number of hydrogen-bond donors (Lipinski definition) is 0. The molecule has 0 atom stereocenters. The van der Waals surface area contributed by atoms with E-state index in [0.717, 1.165) is 16.8 Å². The van der Waals surface area contributed by atoms with E-state index in [1.165, 1.54) is 0 Å². The third-order valence-corrected chi connectivity index (χ3v) is 9.68. The number of hydrogen-bond acceptors (Lipinski definition) is 6. The van der Waals surface area contributed by atoms with Gasteiger partial charge in [-0.15, -0.1) is 0 Å². The van der Waals surface area contributed by atoms with Gasteiger partial charge >= 0.3 is 0 Å². The van der Waals surface area contributed by atoms with E-state index < -0.39 is 18.2 Å². The molecule has 0 unspecified atom stereocenters. The first-order valence-corrected chi connectivity index (χ1v) is 14.8. The Balaban J connectivity index is 2.21. The van der Waals surface area contributed by atoms with Gasteiger partial charge in [0.05, 0.1) is 13.2 Å². The van der Waals surface area contributed by atoms with Crippen LogP contribution in [0.15, 0.2) is 48.5 Å². The van der Waals surface area contributed by atoms with Gasteiger partial charge in [-0.1, -0.05) is 35.4 Å². The van der Waals surface area contributed by atoms with Crippen LogP contribution in [-0.2, 0) is 14.0 Å². The summed E-state index contributed by atoms with van der Waals surface area (Å²) in [6.07, 6.45) is 0. The monoisotopic (exact) mass is 549 g/mol. The molecule has 0 radical (unpaired) electrons. The minimum atomic E-state index is -4.27. The molecule has 6 nitrogen and oxygen atoms in total. The van der Waals surface area contributed by atoms with E-state index in [9.17, 15) is 9.59 Å². The molecule has 0 aliphatic carbocycles. The number of nitrogens with zero attached hydrogens (tertiary/aromatic N) is 1. The van der Waals surface area contributed by atoms with Gasteiger partial charge in [0.1, 0.15) is 0 Å². The second kappa shape index (κ2) is 12.9. The van der Waals surface area contributed by atoms with E-state index in [2.05, 4.69) is 4.90 Å². The van der Waals surface area contributed by atoms with Crippen LogP contribution in [0.5, 0.6) is 0 Å². The van der Waals surface area contributed by atoms with Crippen molar-refractivity contribution in [3.05, 3.63) is 93.0 Å². The average Bonchev–Trinajstić information content (AvgIpc) is 2.87. The maximum Gasteiger partial charge on any atom is 0.248 e. The zero-order valence-corrected chi connectivity index (χ0v) is 25.3. The van der Waals surface area contributed by atoms with Gasteiger partial charge in [0.15, 0.2) is 0 Å². The Bertz CT molecular complexity index is 1280. The molecule has 39 heavy (non-hydrogen) atoms. The molecule has 7 heteroatoms. The molecule has 3 aromatic carbocycles. The summed E-state index contributed by atoms with van der Waals surface area (Å²) < 4.78 is 25.6. The van der Waals surface area contributed by atoms with Gasteiger partial charge in [-0.25, -0.2) is 0 Å². The highest BCUT2D eigenvalue weighted by Gasteiger charge is 2.44. The third-order valence-electron chi connectivity index (χ3n) is 7.06. The molecule has 0 spiro atoms. The Labute approximate surface area is 232 Å². The largest absolute Gasteiger partial charge is 0.383 e. The van der Waals surface area contributed by atoms with Crippen LogP contribution in [0.3, 0.4) is 0 Å². The number of benzene rings is 3. The van der Waals surface area contributed by atoms with Crippen molar-refractivity contribution in [1.82, 2.24) is 0 Å². The summed E-state index contributed by atoms with van der Waals surface area (Å²) >= 11 is 0. The fourth-order valence-electron chi connectivity index (χ4n) is 5.32. The fraction of sp³-hybridized carbons (Fsp3) is 0.375. The summed E-state index contributed by atoms with van der Waals surface area (Å²) in [6.45, 7) is 13.6. The van der Waals surface area contributed by atoms with E-state index >= 15 is 4.57 Å². The smallest absolute Gasteiger partial charge is 0.248 e. The molecule has 0 saturated heterocycles. The van der Waals surface area contributed by atoms with Crippen LogP contribution in [0, 0.1) is 41.5 Å². The molecule has 208 valence electrons. The van der Waals surface area contributed by atoms with E-state index in [1.54, 1.807) is 26.4 Å². The van der Waals surface area contributed by atoms with Crippen molar-refractivity contribution >= 4 is 29.2 Å². The Morgan fingerprint density at radius 2 is 1.03 bits per heavy atom. The number of carbonyl (C=O) groups is 2. The lowest BCUT2D eigenvalue weighted by molar-refractivity contribution is 0.104. The van der Waals surface area contributed by atoms with Gasteiger partial charge in [0, 0.05) is 49.4 Å². The number of anilines is 1. The summed E-state index contributed by atoms with van der Waals surface area (Å²) in [4.78, 5) is 30.7. The highest BCUT2D eigenvalue weighted by molar-refractivity contribution is 8.01. The highest BCUT2D eigenvalue weighted by Crippen LogP contribution is 2.53. The lowest BCUT2D eigenvalue weighted by Gasteiger charge is -2.25. The SMILES string of the molecule is COCCN(CCOC)c1ccc(P(=O)(C(=O)c2c(C)cc(C)cc2C)C(=O)c2c(C)cc(C)cc2C)cc1. The molecular weight excluding hydrogens is 509 g/mol. The van der Waals surface area contributed by atoms with Gasteiger partial charge in [0.2, 0.25) is 18.2 Å². The third kappa shape index (κ3) is 6.41. The van der Waals surface area contributed by atoms with Gasteiger partial charge in [-0.05, 0) is 88.1 Å². The van der Waals surface area contributed by atoms with Crippen molar-refractivity contribution < 1.29 is 23.6 Å². The standard InChI is InChI=1S/C32H40NO5P/c1-21-17-23(3)29(24(4)18-21)31(34)39(36,32(35)30-25(5)19-22(2)20-26(30)6)28-11-9-27(10-12-28)33(13-15-37-7)14-16-38-8/h9-12,17-20H,13-16H2,1-8H3. The maximum atomic E-state index is 15.1. The summed E-state index contributed by atoms with van der Waals surface area (Å²) in [7, 11) is -0.978. The molecule has 0 aliphatic rings. The normalized spacial score (nSPS) is 11.5. The summed E-state index contributed by atoms with van der Waals surface area (Å²) in [6, 6.07) is 14.5. The minimum Gasteiger partial charge on any atom is -0.383 e. The van der Waals surface area contributed by atoms with Crippen LogP contribution in [0.2, 0.25) is 0 Å². The number of carbonyl (C=O) groups excluding carboxylic acids is 2. The molecule has 0 bridgehead atoms. The molecule has 3 aromatic rings. The first kappa shape index (κ1) is 30.5. The summed E-state index contributed by atoms with van der Waals surface area (Å²) in [5.41, 5.74) is 5.19. The van der Waals surface area contributed by atoms with Crippen LogP contribution >= 0.6 is 7.14 Å². The van der Waals surface area contributed by atoms with Crippen molar-refractivity contribution in [3.63, 3.8) is 0 Å². The van der Waals surface area contributed by atoms with Crippen LogP contribution in [0.25, 0.3) is 0 Å². The second-order valence-electron chi connectivity index (χ2n) is 10.3. The first-order chi connectivity index (χ1) is 18.4. The quantitative estimate of drug-likeness (QED) is 0.247. The lowest BCUT2D eigenvalue weighted by Crippen LogP contribution is -2.31. The van der Waals surface area contributed by atoms with Crippen LogP contribution < -0.4 is 10.2 Å². The molecule has 0 amide bonds. The van der Waals surface area contributed by atoms with Crippen LogP contribution in [-0.4, -0.2) is 51.6 Å². The van der Waals surface area contributed by atoms with E-state index in [-0.39, 0.29) is 5.30 Å². The first-order valence-electron chi connectivity index (χ1n) is 13.1. The Morgan fingerprint density at radius 1 is 0.667 bits per heavy atom. The Kier molecular flexibility index (Phi) is 10.1. The minimum absolute atomic E-state index is 0.235. The second-order valence-corrected chi connectivity index (χ2v) is 12.8. The topological polar surface area (TPSA) is 72.9 Å². The van der Waals surface area contributed by atoms with Gasteiger partial charge in [-0.2, -0.15) is 0 Å². The predicted molar refractivity (Wildman–Crippen MR) is 160 cm³/mol. The van der Waals surface area contributed by atoms with Crippen LogP contribution in [0.4, 0.5) is 5.69 Å². The molecule has 0 N–H and O–H groups in total. The van der Waals surface area contributed by atoms with Crippen molar-refractivity contribution in [2.45, 2.75) is 41.5 Å². The van der Waals surface area contributed by atoms with Gasteiger partial charge in [0.25, 0.3) is 0 Å². The lowest BCUT2D eigenvalue weighted by atomic mass is 10.0. The van der Waals surface area contributed by atoms with Crippen molar-refractivity contribution in [2.75, 3.05) is 45.4 Å². The van der Waals surface area contributed by atoms with Crippen LogP contribution in [0.1, 0.15) is 54.1 Å². The average molecular weight is 550 g/mol. The van der Waals surface area contributed by atoms with Crippen molar-refractivity contribution in [1.29, 1.82) is 0 Å². The Hall–Kier alpha value is -3.05. The van der Waals surface area contributed by atoms with Gasteiger partial charge < -0.3 is 18.9 Å². The molecule has 3 rings (SSSR count). The number of methoxy groups -OCH3 is 2. The zero-order chi connectivity index (χ0) is 28.9. The molecule has 0 fully saturated rings. The number of ether oxygens (including phenoxy) is 2. The number of rotatable bonds is 12. The molecule has 0 heterocycles.